The van der Waals surface area contributed by atoms with Crippen LogP contribution in [0.2, 0.25) is 0 Å². The molecule has 0 radical (unpaired) electrons. The molecule has 3 rings (SSSR count). The van der Waals surface area contributed by atoms with Gasteiger partial charge in [0.2, 0.25) is 0 Å². The summed E-state index contributed by atoms with van der Waals surface area (Å²) >= 11 is 0. The molecule has 1 aromatic heterocycles. The number of hydrogen-bond donors (Lipinski definition) is 2. The van der Waals surface area contributed by atoms with Gasteiger partial charge < -0.3 is 4.98 Å². The lowest BCUT2D eigenvalue weighted by atomic mass is 10.1. The molecule has 2 aliphatic rings. The molecule has 1 aromatic rings. The summed E-state index contributed by atoms with van der Waals surface area (Å²) in [4.78, 5) is 30.3. The van der Waals surface area contributed by atoms with Crippen molar-refractivity contribution in [2.45, 2.75) is 31.4 Å². The van der Waals surface area contributed by atoms with Crippen molar-refractivity contribution in [3.63, 3.8) is 0 Å². The van der Waals surface area contributed by atoms with Gasteiger partial charge in [0.25, 0.3) is 11.5 Å². The molecule has 120 valence electrons. The summed E-state index contributed by atoms with van der Waals surface area (Å²) in [5.74, 6) is -1.47. The molecule has 2 heterocycles. The highest BCUT2D eigenvalue weighted by atomic mass is 19.4. The third-order valence-electron chi connectivity index (χ3n) is 3.87. The van der Waals surface area contributed by atoms with Gasteiger partial charge in [-0.2, -0.15) is 13.2 Å². The molecule has 1 aliphatic heterocycles. The molecule has 1 saturated carbocycles. The summed E-state index contributed by atoms with van der Waals surface area (Å²) in [6.07, 6.45) is -2.50. The molecule has 1 unspecified atom stereocenters. The van der Waals surface area contributed by atoms with Crippen molar-refractivity contribution < 1.29 is 18.0 Å². The van der Waals surface area contributed by atoms with E-state index in [1.807, 2.05) is 0 Å². The average Bonchev–Trinajstić information content (AvgIpc) is 3.17. The number of aromatic amines is 1. The van der Waals surface area contributed by atoms with Crippen LogP contribution in [0, 0.1) is 5.92 Å². The molecule has 1 amide bonds. The first-order valence-corrected chi connectivity index (χ1v) is 7.07. The highest BCUT2D eigenvalue weighted by molar-refractivity contribution is 5.91. The quantitative estimate of drug-likeness (QED) is 0.878. The number of hydrazine groups is 1. The molecular formula is C13H15F3N4O2. The molecule has 1 aliphatic carbocycles. The Kier molecular flexibility index (Phi) is 3.67. The van der Waals surface area contributed by atoms with Crippen LogP contribution in [0.15, 0.2) is 10.9 Å². The van der Waals surface area contributed by atoms with Gasteiger partial charge in [-0.25, -0.2) is 9.99 Å². The minimum absolute atomic E-state index is 0.0556. The van der Waals surface area contributed by atoms with Crippen molar-refractivity contribution in [2.24, 2.45) is 5.92 Å². The van der Waals surface area contributed by atoms with Gasteiger partial charge in [0.15, 0.2) is 0 Å². The summed E-state index contributed by atoms with van der Waals surface area (Å²) in [7, 11) is 0. The van der Waals surface area contributed by atoms with E-state index in [1.165, 1.54) is 5.01 Å². The fourth-order valence-corrected chi connectivity index (χ4v) is 2.47. The second-order valence-electron chi connectivity index (χ2n) is 5.70. The number of rotatable bonds is 3. The van der Waals surface area contributed by atoms with Gasteiger partial charge in [-0.15, -0.1) is 0 Å². The summed E-state index contributed by atoms with van der Waals surface area (Å²) in [6.45, 7) is -0.164. The summed E-state index contributed by atoms with van der Waals surface area (Å²) in [5, 5.41) is 1.22. The normalized spacial score (nSPS) is 22.8. The van der Waals surface area contributed by atoms with Crippen molar-refractivity contribution >= 4 is 5.91 Å². The van der Waals surface area contributed by atoms with Crippen LogP contribution in [-0.2, 0) is 0 Å². The Labute approximate surface area is 123 Å². The number of nitrogens with zero attached hydrogens (tertiary/aromatic N) is 2. The van der Waals surface area contributed by atoms with Gasteiger partial charge >= 0.3 is 6.18 Å². The second-order valence-corrected chi connectivity index (χ2v) is 5.70. The first-order chi connectivity index (χ1) is 10.3. The van der Waals surface area contributed by atoms with Gasteiger partial charge in [-0.05, 0) is 19.3 Å². The molecule has 2 fully saturated rings. The zero-order valence-corrected chi connectivity index (χ0v) is 11.6. The number of alkyl halides is 3. The minimum atomic E-state index is -4.26. The third kappa shape index (κ3) is 3.29. The Balaban J connectivity index is 1.66. The largest absolute Gasteiger partial charge is 0.393 e. The molecule has 1 saturated heterocycles. The lowest BCUT2D eigenvalue weighted by molar-refractivity contribution is -0.170. The Hall–Kier alpha value is -1.90. The molecule has 2 N–H and O–H groups in total. The van der Waals surface area contributed by atoms with Crippen LogP contribution in [0.3, 0.4) is 0 Å². The van der Waals surface area contributed by atoms with Crippen LogP contribution < -0.4 is 11.0 Å². The predicted molar refractivity (Wildman–Crippen MR) is 70.0 cm³/mol. The van der Waals surface area contributed by atoms with Gasteiger partial charge in [-0.1, -0.05) is 0 Å². The van der Waals surface area contributed by atoms with E-state index in [0.29, 0.717) is 5.82 Å². The summed E-state index contributed by atoms with van der Waals surface area (Å²) in [6, 6.07) is 1.05. The number of hydrogen-bond acceptors (Lipinski definition) is 4. The number of amides is 1. The van der Waals surface area contributed by atoms with Crippen LogP contribution in [0.25, 0.3) is 0 Å². The number of H-pyrrole nitrogens is 1. The lowest BCUT2D eigenvalue weighted by Gasteiger charge is -2.18. The number of halogens is 3. The third-order valence-corrected chi connectivity index (χ3v) is 3.87. The molecule has 9 heteroatoms. The van der Waals surface area contributed by atoms with Crippen LogP contribution >= 0.6 is 0 Å². The van der Waals surface area contributed by atoms with Gasteiger partial charge in [0, 0.05) is 25.1 Å². The van der Waals surface area contributed by atoms with E-state index in [0.717, 1.165) is 18.9 Å². The minimum Gasteiger partial charge on any atom is -0.310 e. The average molecular weight is 316 g/mol. The summed E-state index contributed by atoms with van der Waals surface area (Å²) < 4.78 is 37.8. The van der Waals surface area contributed by atoms with Crippen molar-refractivity contribution in [3.05, 3.63) is 27.9 Å². The Bertz CT molecular complexity index is 639. The van der Waals surface area contributed by atoms with E-state index < -0.39 is 23.6 Å². The SMILES string of the molecule is O=C(NN1CCC(C(F)(F)F)C1)c1cc(=O)[nH]c(C2CC2)n1. The molecule has 1 atom stereocenters. The van der Waals surface area contributed by atoms with E-state index in [-0.39, 0.29) is 31.1 Å². The molecule has 0 aromatic carbocycles. The Morgan fingerprint density at radius 3 is 2.68 bits per heavy atom. The maximum absolute atomic E-state index is 12.6. The van der Waals surface area contributed by atoms with Crippen LogP contribution in [0.4, 0.5) is 13.2 Å². The highest BCUT2D eigenvalue weighted by Crippen LogP contribution is 2.37. The van der Waals surface area contributed by atoms with Gasteiger partial charge in [0.1, 0.15) is 11.5 Å². The lowest BCUT2D eigenvalue weighted by Crippen LogP contribution is -2.42. The van der Waals surface area contributed by atoms with E-state index in [9.17, 15) is 22.8 Å². The predicted octanol–water partition coefficient (Wildman–Crippen LogP) is 1.18. The van der Waals surface area contributed by atoms with Crippen LogP contribution in [0.1, 0.15) is 41.5 Å². The van der Waals surface area contributed by atoms with Crippen molar-refractivity contribution in [2.75, 3.05) is 13.1 Å². The first kappa shape index (κ1) is 15.0. The molecule has 0 bridgehead atoms. The van der Waals surface area contributed by atoms with Crippen LogP contribution in [0.5, 0.6) is 0 Å². The van der Waals surface area contributed by atoms with Crippen molar-refractivity contribution in [3.8, 4) is 0 Å². The summed E-state index contributed by atoms with van der Waals surface area (Å²) in [5.41, 5.74) is 1.89. The number of carbonyl (C=O) groups excluding carboxylic acids is 1. The zero-order valence-electron chi connectivity index (χ0n) is 11.6. The Morgan fingerprint density at radius 1 is 1.36 bits per heavy atom. The monoisotopic (exact) mass is 316 g/mol. The maximum Gasteiger partial charge on any atom is 0.393 e. The second kappa shape index (κ2) is 5.38. The topological polar surface area (TPSA) is 78.1 Å². The number of aromatic nitrogens is 2. The van der Waals surface area contributed by atoms with Crippen molar-refractivity contribution in [1.29, 1.82) is 0 Å². The smallest absolute Gasteiger partial charge is 0.310 e. The van der Waals surface area contributed by atoms with E-state index in [2.05, 4.69) is 15.4 Å². The van der Waals surface area contributed by atoms with E-state index in [1.54, 1.807) is 0 Å². The zero-order chi connectivity index (χ0) is 15.9. The molecule has 0 spiro atoms. The van der Waals surface area contributed by atoms with E-state index in [4.69, 9.17) is 0 Å². The number of carbonyl (C=O) groups is 1. The van der Waals surface area contributed by atoms with Crippen molar-refractivity contribution in [1.82, 2.24) is 20.4 Å². The maximum atomic E-state index is 12.6. The molecule has 22 heavy (non-hydrogen) atoms. The fraction of sp³-hybridized carbons (Fsp3) is 0.615. The highest BCUT2D eigenvalue weighted by Gasteiger charge is 2.44. The van der Waals surface area contributed by atoms with Crippen LogP contribution in [-0.4, -0.2) is 40.1 Å². The fourth-order valence-electron chi connectivity index (χ4n) is 2.47. The number of nitrogens with one attached hydrogen (secondary N) is 2. The first-order valence-electron chi connectivity index (χ1n) is 7.07. The Morgan fingerprint density at radius 2 is 2.09 bits per heavy atom. The standard InChI is InChI=1S/C13H15F3N4O2/c14-13(15,16)8-3-4-20(6-8)19-12(22)9-5-10(21)18-11(17-9)7-1-2-7/h5,7-8H,1-4,6H2,(H,19,22)(H,17,18,21). The molecule has 6 nitrogen and oxygen atoms in total. The van der Waals surface area contributed by atoms with Gasteiger partial charge in [-0.3, -0.25) is 15.0 Å². The van der Waals surface area contributed by atoms with E-state index >= 15 is 0 Å². The van der Waals surface area contributed by atoms with Gasteiger partial charge in [0.05, 0.1) is 5.92 Å². The molecular weight excluding hydrogens is 301 g/mol.